The normalized spacial score (nSPS) is 24.8. The Kier molecular flexibility index (Phi) is 2.66. The average Bonchev–Trinajstić information content (AvgIpc) is 2.74. The van der Waals surface area contributed by atoms with Gasteiger partial charge in [-0.15, -0.1) is 0 Å². The number of nitrogens with one attached hydrogen (secondary N) is 2. The summed E-state index contributed by atoms with van der Waals surface area (Å²) in [6.07, 6.45) is 2.94. The fourth-order valence-electron chi connectivity index (χ4n) is 1.77. The zero-order valence-corrected chi connectivity index (χ0v) is 7.92. The zero-order chi connectivity index (χ0) is 9.10. The van der Waals surface area contributed by atoms with Gasteiger partial charge in [-0.25, -0.2) is 0 Å². The smallest absolute Gasteiger partial charge is 0.120 e. The Labute approximate surface area is 78.5 Å². The van der Waals surface area contributed by atoms with Crippen molar-refractivity contribution in [3.05, 3.63) is 24.2 Å². The maximum Gasteiger partial charge on any atom is 0.120 e. The minimum absolute atomic E-state index is 0.319. The number of hydrogen-bond acceptors (Lipinski definition) is 3. The molecular formula is C10H16N2O. The van der Waals surface area contributed by atoms with Gasteiger partial charge in [0, 0.05) is 12.6 Å². The van der Waals surface area contributed by atoms with Crippen LogP contribution in [0.3, 0.4) is 0 Å². The third-order valence-electron chi connectivity index (χ3n) is 2.52. The summed E-state index contributed by atoms with van der Waals surface area (Å²) in [5.74, 6) is 1.02. The standard InChI is InChI=1S/C10H16N2O/c1-8(10-3-2-6-13-10)12-9-4-5-11-7-9/h2-3,6,8-9,11-12H,4-5,7H2,1H3/t8-,9?/m0/s1. The molecule has 1 unspecified atom stereocenters. The molecule has 3 nitrogen and oxygen atoms in total. The second-order valence-corrected chi connectivity index (χ2v) is 3.59. The summed E-state index contributed by atoms with van der Waals surface area (Å²) in [4.78, 5) is 0. The van der Waals surface area contributed by atoms with Gasteiger partial charge >= 0.3 is 0 Å². The highest BCUT2D eigenvalue weighted by Gasteiger charge is 2.17. The average molecular weight is 180 g/mol. The molecule has 0 aliphatic carbocycles. The van der Waals surface area contributed by atoms with Crippen LogP contribution in [0.5, 0.6) is 0 Å². The van der Waals surface area contributed by atoms with Gasteiger partial charge in [-0.05, 0) is 32.0 Å². The summed E-state index contributed by atoms with van der Waals surface area (Å²) in [5, 5.41) is 6.85. The van der Waals surface area contributed by atoms with E-state index in [9.17, 15) is 0 Å². The third kappa shape index (κ3) is 2.11. The van der Waals surface area contributed by atoms with E-state index in [1.165, 1.54) is 6.42 Å². The van der Waals surface area contributed by atoms with Gasteiger partial charge in [0.1, 0.15) is 5.76 Å². The lowest BCUT2D eigenvalue weighted by molar-refractivity contribution is 0.397. The van der Waals surface area contributed by atoms with Gasteiger partial charge in [0.25, 0.3) is 0 Å². The Morgan fingerprint density at radius 2 is 2.62 bits per heavy atom. The van der Waals surface area contributed by atoms with Crippen LogP contribution in [0.4, 0.5) is 0 Å². The van der Waals surface area contributed by atoms with E-state index in [2.05, 4.69) is 17.6 Å². The summed E-state index contributed by atoms with van der Waals surface area (Å²) in [6, 6.07) is 4.86. The second kappa shape index (κ2) is 3.94. The Morgan fingerprint density at radius 3 is 3.23 bits per heavy atom. The molecule has 3 heteroatoms. The highest BCUT2D eigenvalue weighted by molar-refractivity contribution is 5.03. The Morgan fingerprint density at radius 1 is 1.69 bits per heavy atom. The molecule has 0 aromatic carbocycles. The molecule has 1 aromatic heterocycles. The predicted molar refractivity (Wildman–Crippen MR) is 51.5 cm³/mol. The molecule has 0 radical (unpaired) electrons. The van der Waals surface area contributed by atoms with Crippen molar-refractivity contribution in [1.82, 2.24) is 10.6 Å². The van der Waals surface area contributed by atoms with Crippen molar-refractivity contribution in [3.63, 3.8) is 0 Å². The first-order chi connectivity index (χ1) is 6.36. The van der Waals surface area contributed by atoms with Crippen LogP contribution >= 0.6 is 0 Å². The summed E-state index contributed by atoms with van der Waals surface area (Å²) in [5.41, 5.74) is 0. The van der Waals surface area contributed by atoms with E-state index < -0.39 is 0 Å². The number of rotatable bonds is 3. The molecule has 1 saturated heterocycles. The summed E-state index contributed by atoms with van der Waals surface area (Å²) >= 11 is 0. The molecular weight excluding hydrogens is 164 g/mol. The molecule has 2 heterocycles. The van der Waals surface area contributed by atoms with Crippen LogP contribution in [-0.2, 0) is 0 Å². The molecule has 2 N–H and O–H groups in total. The third-order valence-corrected chi connectivity index (χ3v) is 2.52. The van der Waals surface area contributed by atoms with E-state index in [0.29, 0.717) is 12.1 Å². The Hall–Kier alpha value is -0.800. The lowest BCUT2D eigenvalue weighted by Crippen LogP contribution is -2.32. The fourth-order valence-corrected chi connectivity index (χ4v) is 1.77. The second-order valence-electron chi connectivity index (χ2n) is 3.59. The van der Waals surface area contributed by atoms with Gasteiger partial charge < -0.3 is 15.1 Å². The topological polar surface area (TPSA) is 37.2 Å². The van der Waals surface area contributed by atoms with Crippen molar-refractivity contribution in [2.45, 2.75) is 25.4 Å². The van der Waals surface area contributed by atoms with Crippen LogP contribution in [0.1, 0.15) is 25.1 Å². The molecule has 1 aliphatic heterocycles. The van der Waals surface area contributed by atoms with Crippen molar-refractivity contribution < 1.29 is 4.42 Å². The van der Waals surface area contributed by atoms with Crippen LogP contribution in [-0.4, -0.2) is 19.1 Å². The zero-order valence-electron chi connectivity index (χ0n) is 7.92. The maximum absolute atomic E-state index is 5.32. The van der Waals surface area contributed by atoms with E-state index in [0.717, 1.165) is 18.8 Å². The fraction of sp³-hybridized carbons (Fsp3) is 0.600. The van der Waals surface area contributed by atoms with Crippen molar-refractivity contribution in [3.8, 4) is 0 Å². The summed E-state index contributed by atoms with van der Waals surface area (Å²) in [6.45, 7) is 4.34. The highest BCUT2D eigenvalue weighted by Crippen LogP contribution is 2.14. The van der Waals surface area contributed by atoms with Crippen LogP contribution in [0.25, 0.3) is 0 Å². The Balaban J connectivity index is 1.87. The highest BCUT2D eigenvalue weighted by atomic mass is 16.3. The van der Waals surface area contributed by atoms with Gasteiger partial charge in [-0.3, -0.25) is 0 Å². The molecule has 0 amide bonds. The lowest BCUT2D eigenvalue weighted by atomic mass is 10.2. The Bertz CT molecular complexity index is 239. The summed E-state index contributed by atoms with van der Waals surface area (Å²) < 4.78 is 5.32. The molecule has 72 valence electrons. The van der Waals surface area contributed by atoms with Crippen molar-refractivity contribution in [2.75, 3.05) is 13.1 Å². The van der Waals surface area contributed by atoms with E-state index >= 15 is 0 Å². The van der Waals surface area contributed by atoms with Gasteiger partial charge in [-0.2, -0.15) is 0 Å². The molecule has 13 heavy (non-hydrogen) atoms. The molecule has 1 aliphatic rings. The van der Waals surface area contributed by atoms with Crippen LogP contribution in [0, 0.1) is 0 Å². The van der Waals surface area contributed by atoms with Gasteiger partial charge in [0.15, 0.2) is 0 Å². The molecule has 2 rings (SSSR count). The minimum Gasteiger partial charge on any atom is -0.468 e. The van der Waals surface area contributed by atoms with E-state index in [1.807, 2.05) is 12.1 Å². The van der Waals surface area contributed by atoms with Crippen LogP contribution in [0.2, 0.25) is 0 Å². The van der Waals surface area contributed by atoms with Crippen LogP contribution < -0.4 is 10.6 Å². The molecule has 2 atom stereocenters. The largest absolute Gasteiger partial charge is 0.468 e. The van der Waals surface area contributed by atoms with E-state index in [1.54, 1.807) is 6.26 Å². The molecule has 1 aromatic rings. The first kappa shape index (κ1) is 8.78. The van der Waals surface area contributed by atoms with Crippen molar-refractivity contribution in [1.29, 1.82) is 0 Å². The SMILES string of the molecule is C[C@H](NC1CCNC1)c1ccco1. The van der Waals surface area contributed by atoms with E-state index in [-0.39, 0.29) is 0 Å². The van der Waals surface area contributed by atoms with Gasteiger partial charge in [-0.1, -0.05) is 0 Å². The molecule has 0 spiro atoms. The predicted octanol–water partition coefficient (Wildman–Crippen LogP) is 1.29. The molecule has 0 bridgehead atoms. The van der Waals surface area contributed by atoms with E-state index in [4.69, 9.17) is 4.42 Å². The number of furan rings is 1. The van der Waals surface area contributed by atoms with Crippen molar-refractivity contribution in [2.24, 2.45) is 0 Å². The van der Waals surface area contributed by atoms with Gasteiger partial charge in [0.2, 0.25) is 0 Å². The van der Waals surface area contributed by atoms with Crippen LogP contribution in [0.15, 0.2) is 22.8 Å². The first-order valence-corrected chi connectivity index (χ1v) is 4.86. The quantitative estimate of drug-likeness (QED) is 0.736. The minimum atomic E-state index is 0.319. The van der Waals surface area contributed by atoms with Gasteiger partial charge in [0.05, 0.1) is 12.3 Å². The number of hydrogen-bond donors (Lipinski definition) is 2. The monoisotopic (exact) mass is 180 g/mol. The summed E-state index contributed by atoms with van der Waals surface area (Å²) in [7, 11) is 0. The first-order valence-electron chi connectivity index (χ1n) is 4.86. The maximum atomic E-state index is 5.32. The van der Waals surface area contributed by atoms with Crippen molar-refractivity contribution >= 4 is 0 Å². The lowest BCUT2D eigenvalue weighted by Gasteiger charge is -2.16. The molecule has 1 fully saturated rings. The molecule has 0 saturated carbocycles.